The number of halogens is 2. The Labute approximate surface area is 126 Å². The highest BCUT2D eigenvalue weighted by molar-refractivity contribution is 9.10. The summed E-state index contributed by atoms with van der Waals surface area (Å²) in [5.41, 5.74) is 0.613. The number of morpholine rings is 1. The summed E-state index contributed by atoms with van der Waals surface area (Å²) in [6.07, 6.45) is 0.102. The lowest BCUT2D eigenvalue weighted by Gasteiger charge is -2.35. The Morgan fingerprint density at radius 2 is 2.05 bits per heavy atom. The van der Waals surface area contributed by atoms with Crippen LogP contribution >= 0.6 is 27.5 Å². The zero-order valence-corrected chi connectivity index (χ0v) is 13.2. The molecule has 0 saturated carbocycles. The van der Waals surface area contributed by atoms with Gasteiger partial charge in [-0.2, -0.15) is 0 Å². The molecule has 1 N–H and O–H groups in total. The van der Waals surface area contributed by atoms with Gasteiger partial charge < -0.3 is 15.0 Å². The zero-order chi connectivity index (χ0) is 14.0. The van der Waals surface area contributed by atoms with Crippen molar-refractivity contribution in [3.05, 3.63) is 27.7 Å². The van der Waals surface area contributed by atoms with E-state index in [-0.39, 0.29) is 18.2 Å². The molecule has 0 aromatic heterocycles. The molecule has 0 aliphatic carbocycles. The van der Waals surface area contributed by atoms with E-state index in [0.717, 1.165) is 4.47 Å². The molecule has 1 aromatic rings. The predicted octanol–water partition coefficient (Wildman–Crippen LogP) is 3.74. The highest BCUT2D eigenvalue weighted by atomic mass is 79.9. The Bertz CT molecular complexity index is 474. The molecule has 0 unspecified atom stereocenters. The molecule has 104 valence electrons. The number of benzene rings is 1. The molecular weight excluding hydrogens is 332 g/mol. The highest BCUT2D eigenvalue weighted by Gasteiger charge is 2.26. The average Bonchev–Trinajstić information content (AvgIpc) is 2.31. The maximum Gasteiger partial charge on any atom is 0.322 e. The molecule has 0 spiro atoms. The zero-order valence-electron chi connectivity index (χ0n) is 10.8. The number of carbonyl (C=O) groups is 1. The van der Waals surface area contributed by atoms with E-state index in [1.54, 1.807) is 17.0 Å². The number of carbonyl (C=O) groups excluding carboxylic acids is 1. The maximum atomic E-state index is 12.2. The SMILES string of the molecule is C[C@H]1CN(C(=O)Nc2ccc(Br)cc2Cl)C[C@H](C)O1. The lowest BCUT2D eigenvalue weighted by Crippen LogP contribution is -2.49. The third-order valence-electron chi connectivity index (χ3n) is 2.88. The smallest absolute Gasteiger partial charge is 0.322 e. The fraction of sp³-hybridized carbons (Fsp3) is 0.462. The quantitative estimate of drug-likeness (QED) is 0.841. The Morgan fingerprint density at radius 3 is 2.63 bits per heavy atom. The van der Waals surface area contributed by atoms with Gasteiger partial charge in [0.05, 0.1) is 22.9 Å². The summed E-state index contributed by atoms with van der Waals surface area (Å²) in [6.45, 7) is 5.10. The van der Waals surface area contributed by atoms with Crippen LogP contribution in [0.4, 0.5) is 10.5 Å². The summed E-state index contributed by atoms with van der Waals surface area (Å²) in [5, 5.41) is 3.34. The standard InChI is InChI=1S/C13H16BrClN2O2/c1-8-6-17(7-9(2)19-8)13(18)16-12-4-3-10(14)5-11(12)15/h3-5,8-9H,6-7H2,1-2H3,(H,16,18)/t8-,9-/m0/s1. The lowest BCUT2D eigenvalue weighted by atomic mass is 10.2. The van der Waals surface area contributed by atoms with Crippen molar-refractivity contribution in [1.29, 1.82) is 0 Å². The van der Waals surface area contributed by atoms with Crippen LogP contribution in [-0.2, 0) is 4.74 Å². The monoisotopic (exact) mass is 346 g/mol. The normalized spacial score (nSPS) is 23.3. The molecule has 1 aliphatic rings. The van der Waals surface area contributed by atoms with E-state index in [1.165, 1.54) is 0 Å². The molecule has 19 heavy (non-hydrogen) atoms. The molecular formula is C13H16BrClN2O2. The Balaban J connectivity index is 2.04. The van der Waals surface area contributed by atoms with Crippen LogP contribution in [0.2, 0.25) is 5.02 Å². The fourth-order valence-corrected chi connectivity index (χ4v) is 2.85. The molecule has 1 aromatic carbocycles. The Hall–Kier alpha value is -0.780. The summed E-state index contributed by atoms with van der Waals surface area (Å²) < 4.78 is 6.48. The predicted molar refractivity (Wildman–Crippen MR) is 79.8 cm³/mol. The van der Waals surface area contributed by atoms with Crippen LogP contribution < -0.4 is 5.32 Å². The van der Waals surface area contributed by atoms with Crippen LogP contribution in [-0.4, -0.2) is 36.2 Å². The number of nitrogens with one attached hydrogen (secondary N) is 1. The first kappa shape index (κ1) is 14.6. The van der Waals surface area contributed by atoms with Gasteiger partial charge in [-0.05, 0) is 32.0 Å². The van der Waals surface area contributed by atoms with Gasteiger partial charge in [0, 0.05) is 17.6 Å². The number of hydrogen-bond acceptors (Lipinski definition) is 2. The average molecular weight is 348 g/mol. The van der Waals surface area contributed by atoms with Gasteiger partial charge in [0.25, 0.3) is 0 Å². The second kappa shape index (κ2) is 6.11. The van der Waals surface area contributed by atoms with E-state index in [9.17, 15) is 4.79 Å². The Kier molecular flexibility index (Phi) is 4.71. The van der Waals surface area contributed by atoms with Crippen molar-refractivity contribution in [2.24, 2.45) is 0 Å². The summed E-state index contributed by atoms with van der Waals surface area (Å²) in [5.74, 6) is 0. The van der Waals surface area contributed by atoms with Crippen LogP contribution in [0.25, 0.3) is 0 Å². The number of rotatable bonds is 1. The largest absolute Gasteiger partial charge is 0.372 e. The van der Waals surface area contributed by atoms with E-state index < -0.39 is 0 Å². The molecule has 0 bridgehead atoms. The first-order valence-corrected chi connectivity index (χ1v) is 7.29. The molecule has 1 aliphatic heterocycles. The molecule has 4 nitrogen and oxygen atoms in total. The minimum absolute atomic E-state index is 0.0508. The number of hydrogen-bond donors (Lipinski definition) is 1. The van der Waals surface area contributed by atoms with Crippen molar-refractivity contribution in [3.8, 4) is 0 Å². The lowest BCUT2D eigenvalue weighted by molar-refractivity contribution is -0.0530. The summed E-state index contributed by atoms with van der Waals surface area (Å²) in [6, 6.07) is 5.22. The highest BCUT2D eigenvalue weighted by Crippen LogP contribution is 2.26. The van der Waals surface area contributed by atoms with Crippen molar-refractivity contribution in [2.75, 3.05) is 18.4 Å². The Morgan fingerprint density at radius 1 is 1.42 bits per heavy atom. The number of ether oxygens (including phenoxy) is 1. The van der Waals surface area contributed by atoms with Crippen LogP contribution in [0.5, 0.6) is 0 Å². The van der Waals surface area contributed by atoms with Crippen LogP contribution in [0.3, 0.4) is 0 Å². The molecule has 1 saturated heterocycles. The molecule has 2 amide bonds. The molecule has 2 atom stereocenters. The van der Waals surface area contributed by atoms with Crippen molar-refractivity contribution >= 4 is 39.2 Å². The third kappa shape index (κ3) is 3.84. The molecule has 2 rings (SSSR count). The summed E-state index contributed by atoms with van der Waals surface area (Å²) in [4.78, 5) is 13.9. The van der Waals surface area contributed by atoms with E-state index in [1.807, 2.05) is 19.9 Å². The van der Waals surface area contributed by atoms with Gasteiger partial charge in [-0.3, -0.25) is 0 Å². The van der Waals surface area contributed by atoms with Crippen LogP contribution in [0, 0.1) is 0 Å². The summed E-state index contributed by atoms with van der Waals surface area (Å²) in [7, 11) is 0. The van der Waals surface area contributed by atoms with Gasteiger partial charge >= 0.3 is 6.03 Å². The first-order valence-electron chi connectivity index (χ1n) is 6.12. The number of nitrogens with zero attached hydrogens (tertiary/aromatic N) is 1. The fourth-order valence-electron chi connectivity index (χ4n) is 2.13. The first-order chi connectivity index (χ1) is 8.95. The molecule has 1 fully saturated rings. The minimum Gasteiger partial charge on any atom is -0.372 e. The number of amides is 2. The maximum absolute atomic E-state index is 12.2. The molecule has 0 radical (unpaired) electrons. The van der Waals surface area contributed by atoms with E-state index in [4.69, 9.17) is 16.3 Å². The van der Waals surface area contributed by atoms with E-state index in [2.05, 4.69) is 21.2 Å². The molecule has 6 heteroatoms. The van der Waals surface area contributed by atoms with Crippen molar-refractivity contribution in [2.45, 2.75) is 26.1 Å². The van der Waals surface area contributed by atoms with Crippen LogP contribution in [0.15, 0.2) is 22.7 Å². The van der Waals surface area contributed by atoms with Gasteiger partial charge in [-0.15, -0.1) is 0 Å². The van der Waals surface area contributed by atoms with Gasteiger partial charge in [0.15, 0.2) is 0 Å². The number of urea groups is 1. The van der Waals surface area contributed by atoms with Gasteiger partial charge in [0.1, 0.15) is 0 Å². The van der Waals surface area contributed by atoms with E-state index >= 15 is 0 Å². The van der Waals surface area contributed by atoms with Crippen molar-refractivity contribution in [3.63, 3.8) is 0 Å². The summed E-state index contributed by atoms with van der Waals surface area (Å²) >= 11 is 9.41. The topological polar surface area (TPSA) is 41.6 Å². The second-order valence-corrected chi connectivity index (χ2v) is 6.04. The third-order valence-corrected chi connectivity index (χ3v) is 3.69. The van der Waals surface area contributed by atoms with E-state index in [0.29, 0.717) is 23.8 Å². The minimum atomic E-state index is -0.147. The number of anilines is 1. The van der Waals surface area contributed by atoms with Gasteiger partial charge in [-0.25, -0.2) is 4.79 Å². The second-order valence-electron chi connectivity index (χ2n) is 4.72. The van der Waals surface area contributed by atoms with Crippen molar-refractivity contribution in [1.82, 2.24) is 4.90 Å². The van der Waals surface area contributed by atoms with Gasteiger partial charge in [-0.1, -0.05) is 27.5 Å². The molecule has 1 heterocycles. The van der Waals surface area contributed by atoms with Gasteiger partial charge in [0.2, 0.25) is 0 Å². The van der Waals surface area contributed by atoms with Crippen molar-refractivity contribution < 1.29 is 9.53 Å². The van der Waals surface area contributed by atoms with Crippen LogP contribution in [0.1, 0.15) is 13.8 Å².